The van der Waals surface area contributed by atoms with E-state index in [2.05, 4.69) is 0 Å². The molecule has 1 aromatic carbocycles. The number of rotatable bonds is 3. The summed E-state index contributed by atoms with van der Waals surface area (Å²) in [5.74, 6) is 0. The van der Waals surface area contributed by atoms with E-state index in [0.717, 1.165) is 16.5 Å². The molecule has 0 saturated heterocycles. The molecular weight excluding hydrogens is 178 g/mol. The fourth-order valence-electron chi connectivity index (χ4n) is 1.69. The Bertz CT molecular complexity index is 434. The number of aliphatic hydroxyl groups is 1. The lowest BCUT2D eigenvalue weighted by Crippen LogP contribution is -2.02. The van der Waals surface area contributed by atoms with Crippen LogP contribution in [0.3, 0.4) is 0 Å². The van der Waals surface area contributed by atoms with Gasteiger partial charge in [0.1, 0.15) is 7.11 Å². The molecule has 2 rings (SSSR count). The smallest absolute Gasteiger partial charge is 0.104 e. The molecule has 0 atom stereocenters. The van der Waals surface area contributed by atoms with Gasteiger partial charge in [0.05, 0.1) is 5.52 Å². The monoisotopic (exact) mass is 191 g/mol. The highest BCUT2D eigenvalue weighted by Crippen LogP contribution is 2.20. The minimum absolute atomic E-state index is 0.164. The van der Waals surface area contributed by atoms with Crippen molar-refractivity contribution in [2.75, 3.05) is 13.7 Å². The Morgan fingerprint density at radius 3 is 2.86 bits per heavy atom. The van der Waals surface area contributed by atoms with Gasteiger partial charge >= 0.3 is 0 Å². The summed E-state index contributed by atoms with van der Waals surface area (Å²) in [6, 6.07) is 8.00. The SMILES string of the molecule is COn1cc(CCO)c2ccccc21. The molecule has 3 heteroatoms. The van der Waals surface area contributed by atoms with Crippen molar-refractivity contribution < 1.29 is 9.94 Å². The van der Waals surface area contributed by atoms with E-state index < -0.39 is 0 Å². The number of hydrogen-bond acceptors (Lipinski definition) is 2. The van der Waals surface area contributed by atoms with Crippen LogP contribution in [0.2, 0.25) is 0 Å². The highest BCUT2D eigenvalue weighted by Gasteiger charge is 2.06. The summed E-state index contributed by atoms with van der Waals surface area (Å²) >= 11 is 0. The number of hydrogen-bond donors (Lipinski definition) is 1. The quantitative estimate of drug-likeness (QED) is 0.792. The van der Waals surface area contributed by atoms with Crippen LogP contribution in [-0.4, -0.2) is 23.6 Å². The van der Waals surface area contributed by atoms with Gasteiger partial charge in [-0.1, -0.05) is 18.2 Å². The van der Waals surface area contributed by atoms with Crippen LogP contribution in [0, 0.1) is 0 Å². The van der Waals surface area contributed by atoms with Crippen molar-refractivity contribution in [3.63, 3.8) is 0 Å². The summed E-state index contributed by atoms with van der Waals surface area (Å²) in [6.07, 6.45) is 2.58. The molecule has 0 spiro atoms. The molecule has 0 fully saturated rings. The molecule has 3 nitrogen and oxygen atoms in total. The third-order valence-corrected chi connectivity index (χ3v) is 2.34. The van der Waals surface area contributed by atoms with Crippen LogP contribution in [0.4, 0.5) is 0 Å². The third-order valence-electron chi connectivity index (χ3n) is 2.34. The molecule has 2 aromatic rings. The lowest BCUT2D eigenvalue weighted by Gasteiger charge is -2.00. The molecule has 0 bridgehead atoms. The van der Waals surface area contributed by atoms with Gasteiger partial charge in [0.15, 0.2) is 0 Å². The van der Waals surface area contributed by atoms with Crippen LogP contribution in [0.5, 0.6) is 0 Å². The summed E-state index contributed by atoms with van der Waals surface area (Å²) in [5, 5.41) is 10.1. The molecule has 74 valence electrons. The zero-order valence-electron chi connectivity index (χ0n) is 8.10. The van der Waals surface area contributed by atoms with Crippen LogP contribution >= 0.6 is 0 Å². The number of benzene rings is 1. The first-order valence-electron chi connectivity index (χ1n) is 4.61. The predicted molar refractivity (Wildman–Crippen MR) is 55.2 cm³/mol. The topological polar surface area (TPSA) is 34.4 Å². The minimum atomic E-state index is 0.164. The third kappa shape index (κ3) is 1.36. The van der Waals surface area contributed by atoms with Gasteiger partial charge in [-0.25, -0.2) is 0 Å². The van der Waals surface area contributed by atoms with Crippen molar-refractivity contribution in [3.05, 3.63) is 36.0 Å². The van der Waals surface area contributed by atoms with Crippen LogP contribution in [0.25, 0.3) is 10.9 Å². The Balaban J connectivity index is 2.61. The zero-order valence-corrected chi connectivity index (χ0v) is 8.10. The molecule has 1 aromatic heterocycles. The van der Waals surface area contributed by atoms with Crippen molar-refractivity contribution in [1.29, 1.82) is 0 Å². The number of nitrogens with zero attached hydrogens (tertiary/aromatic N) is 1. The van der Waals surface area contributed by atoms with E-state index in [-0.39, 0.29) is 6.61 Å². The molecule has 0 aliphatic heterocycles. The highest BCUT2D eigenvalue weighted by molar-refractivity contribution is 5.83. The molecule has 1 N–H and O–H groups in total. The molecular formula is C11H13NO2. The van der Waals surface area contributed by atoms with Gasteiger partial charge in [-0.15, -0.1) is 0 Å². The number of aliphatic hydroxyl groups excluding tert-OH is 1. The second-order valence-corrected chi connectivity index (χ2v) is 3.15. The van der Waals surface area contributed by atoms with Gasteiger partial charge in [0.2, 0.25) is 0 Å². The predicted octanol–water partition coefficient (Wildman–Crippen LogP) is 1.23. The standard InChI is InChI=1S/C11H13NO2/c1-14-12-8-9(6-7-13)10-4-2-3-5-11(10)12/h2-5,8,13H,6-7H2,1H3. The average molecular weight is 191 g/mol. The number of para-hydroxylation sites is 1. The lowest BCUT2D eigenvalue weighted by molar-refractivity contribution is 0.178. The Morgan fingerprint density at radius 1 is 1.36 bits per heavy atom. The molecule has 0 amide bonds. The van der Waals surface area contributed by atoms with E-state index in [9.17, 15) is 0 Å². The maximum atomic E-state index is 8.91. The molecule has 14 heavy (non-hydrogen) atoms. The van der Waals surface area contributed by atoms with Crippen molar-refractivity contribution >= 4 is 10.9 Å². The molecule has 0 radical (unpaired) electrons. The zero-order chi connectivity index (χ0) is 9.97. The maximum Gasteiger partial charge on any atom is 0.104 e. The first kappa shape index (κ1) is 9.09. The van der Waals surface area contributed by atoms with E-state index in [1.165, 1.54) is 0 Å². The van der Waals surface area contributed by atoms with Crippen molar-refractivity contribution in [2.45, 2.75) is 6.42 Å². The van der Waals surface area contributed by atoms with Gasteiger partial charge in [-0.3, -0.25) is 0 Å². The van der Waals surface area contributed by atoms with Gasteiger partial charge < -0.3 is 9.94 Å². The Kier molecular flexibility index (Phi) is 2.41. The van der Waals surface area contributed by atoms with Gasteiger partial charge in [0.25, 0.3) is 0 Å². The van der Waals surface area contributed by atoms with E-state index >= 15 is 0 Å². The first-order valence-corrected chi connectivity index (χ1v) is 4.61. The summed E-state index contributed by atoms with van der Waals surface area (Å²) in [5.41, 5.74) is 2.16. The van der Waals surface area contributed by atoms with Crippen LogP contribution in [0.15, 0.2) is 30.5 Å². The fourth-order valence-corrected chi connectivity index (χ4v) is 1.69. The molecule has 0 aliphatic carbocycles. The number of fused-ring (bicyclic) bond motifs is 1. The van der Waals surface area contributed by atoms with Crippen molar-refractivity contribution in [1.82, 2.24) is 4.73 Å². The van der Waals surface area contributed by atoms with Crippen LogP contribution in [0.1, 0.15) is 5.56 Å². The maximum absolute atomic E-state index is 8.91. The largest absolute Gasteiger partial charge is 0.417 e. The van der Waals surface area contributed by atoms with Crippen molar-refractivity contribution in [3.8, 4) is 0 Å². The van der Waals surface area contributed by atoms with E-state index in [1.54, 1.807) is 11.8 Å². The van der Waals surface area contributed by atoms with E-state index in [1.807, 2.05) is 30.5 Å². The summed E-state index contributed by atoms with van der Waals surface area (Å²) in [4.78, 5) is 5.19. The summed E-state index contributed by atoms with van der Waals surface area (Å²) in [7, 11) is 1.63. The molecule has 0 aliphatic rings. The van der Waals surface area contributed by atoms with E-state index in [4.69, 9.17) is 9.94 Å². The van der Waals surface area contributed by atoms with Crippen LogP contribution in [-0.2, 0) is 6.42 Å². The molecule has 0 unspecified atom stereocenters. The second kappa shape index (κ2) is 3.72. The van der Waals surface area contributed by atoms with Gasteiger partial charge in [-0.2, -0.15) is 4.73 Å². The van der Waals surface area contributed by atoms with Gasteiger partial charge in [0, 0.05) is 18.2 Å². The normalized spacial score (nSPS) is 10.7. The minimum Gasteiger partial charge on any atom is -0.417 e. The van der Waals surface area contributed by atoms with Crippen LogP contribution < -0.4 is 4.84 Å². The Morgan fingerprint density at radius 2 is 2.14 bits per heavy atom. The lowest BCUT2D eigenvalue weighted by atomic mass is 10.1. The van der Waals surface area contributed by atoms with Gasteiger partial charge in [-0.05, 0) is 18.1 Å². The second-order valence-electron chi connectivity index (χ2n) is 3.15. The molecule has 0 saturated carbocycles. The summed E-state index contributed by atoms with van der Waals surface area (Å²) in [6.45, 7) is 0.164. The fraction of sp³-hybridized carbons (Fsp3) is 0.273. The van der Waals surface area contributed by atoms with E-state index in [0.29, 0.717) is 6.42 Å². The van der Waals surface area contributed by atoms with Crippen molar-refractivity contribution in [2.24, 2.45) is 0 Å². The summed E-state index contributed by atoms with van der Waals surface area (Å²) < 4.78 is 1.72. The Hall–Kier alpha value is -1.48. The Labute approximate surface area is 82.5 Å². The molecule has 1 heterocycles. The number of aromatic nitrogens is 1. The average Bonchev–Trinajstić information content (AvgIpc) is 2.58. The highest BCUT2D eigenvalue weighted by atomic mass is 16.6. The first-order chi connectivity index (χ1) is 6.86.